The Labute approximate surface area is 87.8 Å². The maximum Gasteiger partial charge on any atom is 0.418 e. The van der Waals surface area contributed by atoms with E-state index in [9.17, 15) is 18.0 Å². The van der Waals surface area contributed by atoms with Crippen molar-refractivity contribution in [2.45, 2.75) is 6.18 Å². The summed E-state index contributed by atoms with van der Waals surface area (Å²) in [4.78, 5) is 10.8. The lowest BCUT2D eigenvalue weighted by Crippen LogP contribution is -2.21. The van der Waals surface area contributed by atoms with Crippen LogP contribution in [0, 0.1) is 0 Å². The zero-order valence-corrected chi connectivity index (χ0v) is 7.99. The molecule has 1 rings (SSSR count). The number of carbonyl (C=O) groups excluding carboxylic acids is 1. The van der Waals surface area contributed by atoms with E-state index in [1.54, 1.807) is 0 Å². The van der Waals surface area contributed by atoms with Crippen molar-refractivity contribution in [1.29, 1.82) is 0 Å². The maximum atomic E-state index is 12.5. The fraction of sp³-hybridized carbons (Fsp3) is 0.125. The van der Waals surface area contributed by atoms with Gasteiger partial charge < -0.3 is 11.5 Å². The number of anilines is 1. The molecule has 0 unspecified atom stereocenters. The van der Waals surface area contributed by atoms with E-state index in [2.05, 4.69) is 0 Å². The second-order valence-electron chi connectivity index (χ2n) is 2.75. The van der Waals surface area contributed by atoms with Gasteiger partial charge in [0.05, 0.1) is 16.1 Å². The first kappa shape index (κ1) is 11.6. The molecule has 0 saturated heterocycles. The summed E-state index contributed by atoms with van der Waals surface area (Å²) < 4.78 is 37.5. The van der Waals surface area contributed by atoms with Gasteiger partial charge in [-0.1, -0.05) is 11.6 Å². The number of nitrogens with two attached hydrogens (primary N) is 2. The Morgan fingerprint density at radius 3 is 2.20 bits per heavy atom. The molecule has 0 saturated carbocycles. The van der Waals surface area contributed by atoms with E-state index in [1.165, 1.54) is 0 Å². The number of halogens is 4. The maximum absolute atomic E-state index is 12.5. The summed E-state index contributed by atoms with van der Waals surface area (Å²) in [5, 5.41) is -0.606. The van der Waals surface area contributed by atoms with Crippen molar-refractivity contribution in [3.8, 4) is 0 Å². The highest BCUT2D eigenvalue weighted by molar-refractivity contribution is 6.32. The Kier molecular flexibility index (Phi) is 2.81. The van der Waals surface area contributed by atoms with Crippen molar-refractivity contribution in [1.82, 2.24) is 0 Å². The fourth-order valence-electron chi connectivity index (χ4n) is 1.14. The monoisotopic (exact) mass is 238 g/mol. The largest absolute Gasteiger partial charge is 0.418 e. The van der Waals surface area contributed by atoms with E-state index in [0.29, 0.717) is 0 Å². The third-order valence-corrected chi connectivity index (χ3v) is 2.03. The summed E-state index contributed by atoms with van der Waals surface area (Å²) in [5.74, 6) is -1.26. The molecule has 3 nitrogen and oxygen atoms in total. The van der Waals surface area contributed by atoms with Crippen molar-refractivity contribution in [3.05, 3.63) is 28.3 Å². The number of benzene rings is 1. The van der Waals surface area contributed by atoms with Crippen molar-refractivity contribution in [2.24, 2.45) is 5.73 Å². The third kappa shape index (κ3) is 2.15. The first-order chi connectivity index (χ1) is 6.75. The summed E-state index contributed by atoms with van der Waals surface area (Å²) in [7, 11) is 0. The van der Waals surface area contributed by atoms with Gasteiger partial charge >= 0.3 is 6.18 Å². The van der Waals surface area contributed by atoms with Crippen LogP contribution in [0.2, 0.25) is 5.02 Å². The highest BCUT2D eigenvalue weighted by Gasteiger charge is 2.38. The summed E-state index contributed by atoms with van der Waals surface area (Å²) in [6, 6.07) is 2.06. The van der Waals surface area contributed by atoms with Crippen LogP contribution in [-0.2, 0) is 6.18 Å². The van der Waals surface area contributed by atoms with Crippen LogP contribution in [0.5, 0.6) is 0 Å². The van der Waals surface area contributed by atoms with Crippen LogP contribution in [0.3, 0.4) is 0 Å². The zero-order chi connectivity index (χ0) is 11.8. The molecular weight excluding hydrogens is 233 g/mol. The molecule has 7 heteroatoms. The number of amides is 1. The highest BCUT2D eigenvalue weighted by atomic mass is 35.5. The van der Waals surface area contributed by atoms with Crippen LogP contribution in [-0.4, -0.2) is 5.91 Å². The predicted octanol–water partition coefficient (Wildman–Crippen LogP) is 2.04. The summed E-state index contributed by atoms with van der Waals surface area (Å²) in [6.07, 6.45) is -4.77. The normalized spacial score (nSPS) is 11.5. The molecule has 1 aromatic rings. The number of nitrogen functional groups attached to an aromatic ring is 1. The number of hydrogen-bond donors (Lipinski definition) is 2. The van der Waals surface area contributed by atoms with E-state index in [0.717, 1.165) is 12.1 Å². The Balaban J connectivity index is 3.60. The van der Waals surface area contributed by atoms with E-state index in [1.807, 2.05) is 0 Å². The van der Waals surface area contributed by atoms with E-state index in [4.69, 9.17) is 23.1 Å². The molecule has 4 N–H and O–H groups in total. The second kappa shape index (κ2) is 3.62. The van der Waals surface area contributed by atoms with Gasteiger partial charge in [0.15, 0.2) is 0 Å². The molecule has 0 bridgehead atoms. The molecule has 1 amide bonds. The SMILES string of the molecule is NC(=O)c1c(N)ccc(Cl)c1C(F)(F)F. The van der Waals surface area contributed by atoms with Gasteiger partial charge in [-0.3, -0.25) is 4.79 Å². The van der Waals surface area contributed by atoms with Crippen LogP contribution < -0.4 is 11.5 Å². The average molecular weight is 239 g/mol. The lowest BCUT2D eigenvalue weighted by atomic mass is 10.0. The van der Waals surface area contributed by atoms with Crippen molar-refractivity contribution in [3.63, 3.8) is 0 Å². The fourth-order valence-corrected chi connectivity index (χ4v) is 1.40. The summed E-state index contributed by atoms with van der Waals surface area (Å²) in [6.45, 7) is 0. The number of hydrogen-bond acceptors (Lipinski definition) is 2. The first-order valence-electron chi connectivity index (χ1n) is 3.70. The van der Waals surface area contributed by atoms with E-state index < -0.39 is 28.2 Å². The molecule has 1 aromatic carbocycles. The molecule has 0 aliphatic rings. The second-order valence-corrected chi connectivity index (χ2v) is 3.16. The Hall–Kier alpha value is -1.43. The number of alkyl halides is 3. The molecule has 0 aromatic heterocycles. The van der Waals surface area contributed by atoms with Crippen LogP contribution in [0.15, 0.2) is 12.1 Å². The molecule has 0 spiro atoms. The summed E-state index contributed by atoms with van der Waals surface area (Å²) in [5.41, 5.74) is 7.59. The van der Waals surface area contributed by atoms with Crippen LogP contribution >= 0.6 is 11.6 Å². The molecule has 0 heterocycles. The van der Waals surface area contributed by atoms with Crippen LogP contribution in [0.4, 0.5) is 18.9 Å². The standard InChI is InChI=1S/C8H6ClF3N2O/c9-3-1-2-4(13)5(7(14)15)6(3)8(10,11)12/h1-2H,13H2,(H2,14,15). The van der Waals surface area contributed by atoms with Crippen molar-refractivity contribution < 1.29 is 18.0 Å². The quantitative estimate of drug-likeness (QED) is 0.735. The van der Waals surface area contributed by atoms with Crippen molar-refractivity contribution >= 4 is 23.2 Å². The molecule has 15 heavy (non-hydrogen) atoms. The highest BCUT2D eigenvalue weighted by Crippen LogP contribution is 2.39. The minimum absolute atomic E-state index is 0.348. The Morgan fingerprint density at radius 1 is 1.33 bits per heavy atom. The van der Waals surface area contributed by atoms with Gasteiger partial charge in [-0.05, 0) is 12.1 Å². The smallest absolute Gasteiger partial charge is 0.398 e. The average Bonchev–Trinajstić information content (AvgIpc) is 2.05. The third-order valence-electron chi connectivity index (χ3n) is 1.72. The number of primary amides is 1. The van der Waals surface area contributed by atoms with Gasteiger partial charge in [-0.2, -0.15) is 13.2 Å². The zero-order valence-electron chi connectivity index (χ0n) is 7.23. The van der Waals surface area contributed by atoms with Gasteiger partial charge in [0, 0.05) is 5.69 Å². The minimum atomic E-state index is -4.77. The molecule has 0 aliphatic carbocycles. The summed E-state index contributed by atoms with van der Waals surface area (Å²) >= 11 is 5.35. The van der Waals surface area contributed by atoms with Gasteiger partial charge in [0.1, 0.15) is 0 Å². The number of rotatable bonds is 1. The molecule has 0 fully saturated rings. The van der Waals surface area contributed by atoms with Gasteiger partial charge in [-0.25, -0.2) is 0 Å². The van der Waals surface area contributed by atoms with E-state index in [-0.39, 0.29) is 5.69 Å². The molecule has 82 valence electrons. The van der Waals surface area contributed by atoms with Crippen LogP contribution in [0.1, 0.15) is 15.9 Å². The molecule has 0 atom stereocenters. The molecule has 0 radical (unpaired) electrons. The molecule has 0 aliphatic heterocycles. The topological polar surface area (TPSA) is 69.1 Å². The Morgan fingerprint density at radius 2 is 1.87 bits per heavy atom. The lowest BCUT2D eigenvalue weighted by molar-refractivity contribution is -0.137. The van der Waals surface area contributed by atoms with Gasteiger partial charge in [-0.15, -0.1) is 0 Å². The first-order valence-corrected chi connectivity index (χ1v) is 4.08. The van der Waals surface area contributed by atoms with Gasteiger partial charge in [0.25, 0.3) is 5.91 Å². The predicted molar refractivity (Wildman–Crippen MR) is 49.4 cm³/mol. The Bertz CT molecular complexity index is 417. The van der Waals surface area contributed by atoms with Crippen LogP contribution in [0.25, 0.3) is 0 Å². The van der Waals surface area contributed by atoms with E-state index >= 15 is 0 Å². The lowest BCUT2D eigenvalue weighted by Gasteiger charge is -2.14. The van der Waals surface area contributed by atoms with Gasteiger partial charge in [0.2, 0.25) is 0 Å². The minimum Gasteiger partial charge on any atom is -0.398 e. The van der Waals surface area contributed by atoms with Crippen molar-refractivity contribution in [2.75, 3.05) is 5.73 Å². The molecular formula is C8H6ClF3N2O. The number of carbonyl (C=O) groups is 1.